The summed E-state index contributed by atoms with van der Waals surface area (Å²) in [5, 5.41) is 20.5. The van der Waals surface area contributed by atoms with Crippen molar-refractivity contribution in [3.63, 3.8) is 0 Å². The first kappa shape index (κ1) is 36.1. The van der Waals surface area contributed by atoms with Crippen molar-refractivity contribution in [3.05, 3.63) is 131 Å². The SMILES string of the molecule is CCOc1cccc(CNC[C@@H](O)[C@H](Cc2ccccc2)NC(=O)c2cc(C(=O)N[C@H](C)c3ccccc3)cc(N(C)S(C)(=O)=O)c2)c1. The summed E-state index contributed by atoms with van der Waals surface area (Å²) in [6.07, 6.45) is 0.393. The third-order valence-corrected chi connectivity index (χ3v) is 9.13. The lowest BCUT2D eigenvalue weighted by Gasteiger charge is -2.26. The Kier molecular flexibility index (Phi) is 12.7. The highest BCUT2D eigenvalue weighted by Gasteiger charge is 2.25. The van der Waals surface area contributed by atoms with Crippen LogP contribution in [0.3, 0.4) is 0 Å². The van der Waals surface area contributed by atoms with Gasteiger partial charge in [-0.15, -0.1) is 0 Å². The van der Waals surface area contributed by atoms with E-state index < -0.39 is 34.0 Å². The summed E-state index contributed by atoms with van der Waals surface area (Å²) in [6.45, 7) is 4.97. The molecule has 0 radical (unpaired) electrons. The molecule has 4 aromatic carbocycles. The van der Waals surface area contributed by atoms with E-state index in [4.69, 9.17) is 4.74 Å². The van der Waals surface area contributed by atoms with Gasteiger partial charge in [-0.25, -0.2) is 8.42 Å². The summed E-state index contributed by atoms with van der Waals surface area (Å²) >= 11 is 0. The number of aliphatic hydroxyl groups excluding tert-OH is 1. The van der Waals surface area contributed by atoms with Gasteiger partial charge < -0.3 is 25.8 Å². The van der Waals surface area contributed by atoms with Crippen LogP contribution in [0.5, 0.6) is 5.75 Å². The minimum Gasteiger partial charge on any atom is -0.494 e. The van der Waals surface area contributed by atoms with Crippen LogP contribution in [0.1, 0.15) is 57.3 Å². The number of amides is 2. The molecule has 4 aromatic rings. The van der Waals surface area contributed by atoms with Crippen LogP contribution in [0.2, 0.25) is 0 Å². The molecule has 0 fully saturated rings. The van der Waals surface area contributed by atoms with Crippen molar-refractivity contribution in [2.75, 3.05) is 30.8 Å². The van der Waals surface area contributed by atoms with Gasteiger partial charge >= 0.3 is 0 Å². The van der Waals surface area contributed by atoms with E-state index in [0.29, 0.717) is 19.6 Å². The first-order valence-electron chi connectivity index (χ1n) is 15.8. The Morgan fingerprint density at radius 2 is 1.44 bits per heavy atom. The molecule has 0 aliphatic rings. The topological polar surface area (TPSA) is 137 Å². The van der Waals surface area contributed by atoms with Crippen molar-refractivity contribution in [1.82, 2.24) is 16.0 Å². The Balaban J connectivity index is 1.57. The molecule has 48 heavy (non-hydrogen) atoms. The third kappa shape index (κ3) is 10.4. The molecule has 254 valence electrons. The smallest absolute Gasteiger partial charge is 0.251 e. The molecule has 2 amide bonds. The second-order valence-corrected chi connectivity index (χ2v) is 13.7. The molecular weight excluding hydrogens is 628 g/mol. The summed E-state index contributed by atoms with van der Waals surface area (Å²) in [7, 11) is -2.35. The Morgan fingerprint density at radius 1 is 0.833 bits per heavy atom. The molecule has 11 heteroatoms. The van der Waals surface area contributed by atoms with Gasteiger partial charge in [0.25, 0.3) is 11.8 Å². The number of carbonyl (C=O) groups excluding carboxylic acids is 2. The van der Waals surface area contributed by atoms with E-state index in [9.17, 15) is 23.1 Å². The number of benzene rings is 4. The minimum absolute atomic E-state index is 0.0754. The normalized spacial score (nSPS) is 13.2. The standard InChI is InChI=1S/C37H44N4O6S/c1-5-47-33-18-12-15-28(19-33)24-38-25-35(42)34(20-27-13-8-6-9-14-27)40-37(44)31-21-30(22-32(23-31)41(3)48(4,45)46)36(43)39-26(2)29-16-10-7-11-17-29/h6-19,21-23,26,34-35,38,42H,5,20,24-25H2,1-4H3,(H,39,43)(H,40,44)/t26-,34+,35-/m1/s1. The van der Waals surface area contributed by atoms with Gasteiger partial charge in [0.15, 0.2) is 0 Å². The predicted octanol–water partition coefficient (Wildman–Crippen LogP) is 4.46. The van der Waals surface area contributed by atoms with Gasteiger partial charge in [0.1, 0.15) is 5.75 Å². The molecule has 0 saturated carbocycles. The number of nitrogens with one attached hydrogen (secondary N) is 3. The number of hydrogen-bond donors (Lipinski definition) is 4. The van der Waals surface area contributed by atoms with E-state index in [1.807, 2.05) is 98.8 Å². The van der Waals surface area contributed by atoms with Crippen molar-refractivity contribution in [2.24, 2.45) is 0 Å². The number of anilines is 1. The van der Waals surface area contributed by atoms with Gasteiger partial charge in [0, 0.05) is 31.3 Å². The lowest BCUT2D eigenvalue weighted by Crippen LogP contribution is -2.48. The first-order chi connectivity index (χ1) is 22.9. The van der Waals surface area contributed by atoms with Gasteiger partial charge in [-0.05, 0) is 67.3 Å². The number of carbonyl (C=O) groups is 2. The quantitative estimate of drug-likeness (QED) is 0.138. The Labute approximate surface area is 283 Å². The maximum absolute atomic E-state index is 13.8. The van der Waals surface area contributed by atoms with Gasteiger partial charge in [-0.2, -0.15) is 0 Å². The van der Waals surface area contributed by atoms with Crippen LogP contribution < -0.4 is 25.0 Å². The molecule has 0 unspecified atom stereocenters. The largest absolute Gasteiger partial charge is 0.494 e. The Morgan fingerprint density at radius 3 is 2.06 bits per heavy atom. The average molecular weight is 673 g/mol. The van der Waals surface area contributed by atoms with Crippen LogP contribution in [-0.4, -0.2) is 63.9 Å². The maximum Gasteiger partial charge on any atom is 0.251 e. The molecule has 0 aliphatic carbocycles. The van der Waals surface area contributed by atoms with Crippen molar-refractivity contribution in [1.29, 1.82) is 0 Å². The number of aliphatic hydroxyl groups is 1. The molecule has 0 saturated heterocycles. The number of sulfonamides is 1. The van der Waals surface area contributed by atoms with Gasteiger partial charge in [0.2, 0.25) is 10.0 Å². The summed E-state index contributed by atoms with van der Waals surface area (Å²) in [4.78, 5) is 27.3. The molecule has 4 rings (SSSR count). The van der Waals surface area contributed by atoms with Crippen molar-refractivity contribution in [2.45, 2.75) is 45.0 Å². The molecule has 0 spiro atoms. The second-order valence-electron chi connectivity index (χ2n) is 11.7. The fourth-order valence-corrected chi connectivity index (χ4v) is 5.66. The van der Waals surface area contributed by atoms with Crippen LogP contribution >= 0.6 is 0 Å². The monoisotopic (exact) mass is 672 g/mol. The van der Waals surface area contributed by atoms with E-state index in [0.717, 1.165) is 33.0 Å². The van der Waals surface area contributed by atoms with Crippen molar-refractivity contribution < 1.29 is 27.9 Å². The lowest BCUT2D eigenvalue weighted by molar-refractivity contribution is 0.0830. The number of nitrogens with zero attached hydrogens (tertiary/aromatic N) is 1. The first-order valence-corrected chi connectivity index (χ1v) is 17.7. The molecule has 10 nitrogen and oxygen atoms in total. The zero-order chi connectivity index (χ0) is 34.7. The Hall–Kier alpha value is -4.71. The Bertz CT molecular complexity index is 1770. The fourth-order valence-electron chi connectivity index (χ4n) is 5.17. The molecule has 0 aromatic heterocycles. The highest BCUT2D eigenvalue weighted by molar-refractivity contribution is 7.92. The van der Waals surface area contributed by atoms with Gasteiger partial charge in [-0.3, -0.25) is 13.9 Å². The molecule has 0 bridgehead atoms. The lowest BCUT2D eigenvalue weighted by atomic mass is 10.00. The number of rotatable bonds is 16. The van der Waals surface area contributed by atoms with E-state index in [1.54, 1.807) is 0 Å². The highest BCUT2D eigenvalue weighted by atomic mass is 32.2. The molecule has 3 atom stereocenters. The van der Waals surface area contributed by atoms with Crippen LogP contribution in [0.25, 0.3) is 0 Å². The van der Waals surface area contributed by atoms with Gasteiger partial charge in [0.05, 0.1) is 36.7 Å². The molecule has 0 heterocycles. The van der Waals surface area contributed by atoms with Crippen LogP contribution in [0.4, 0.5) is 5.69 Å². The van der Waals surface area contributed by atoms with Gasteiger partial charge in [-0.1, -0.05) is 72.8 Å². The number of hydrogen-bond acceptors (Lipinski definition) is 7. The zero-order valence-corrected chi connectivity index (χ0v) is 28.5. The minimum atomic E-state index is -3.71. The number of ether oxygens (including phenoxy) is 1. The fraction of sp³-hybridized carbons (Fsp3) is 0.297. The summed E-state index contributed by atoms with van der Waals surface area (Å²) in [6, 6.07) is 29.8. The molecular formula is C37H44N4O6S. The summed E-state index contributed by atoms with van der Waals surface area (Å²) < 4.78 is 31.5. The average Bonchev–Trinajstić information content (AvgIpc) is 3.08. The van der Waals surface area contributed by atoms with E-state index in [1.165, 1.54) is 25.2 Å². The summed E-state index contributed by atoms with van der Waals surface area (Å²) in [5.74, 6) is -0.270. The van der Waals surface area contributed by atoms with Crippen molar-refractivity contribution >= 4 is 27.5 Å². The third-order valence-electron chi connectivity index (χ3n) is 7.92. The highest BCUT2D eigenvalue weighted by Crippen LogP contribution is 2.22. The van der Waals surface area contributed by atoms with E-state index in [2.05, 4.69) is 16.0 Å². The second kappa shape index (κ2) is 16.9. The van der Waals surface area contributed by atoms with Crippen LogP contribution in [0.15, 0.2) is 103 Å². The van der Waals surface area contributed by atoms with Crippen LogP contribution in [-0.2, 0) is 23.0 Å². The maximum atomic E-state index is 13.8. The summed E-state index contributed by atoms with van der Waals surface area (Å²) in [5.41, 5.74) is 3.13. The molecule has 0 aliphatic heterocycles. The van der Waals surface area contributed by atoms with E-state index in [-0.39, 0.29) is 29.4 Å². The van der Waals surface area contributed by atoms with Crippen LogP contribution in [0, 0.1) is 0 Å². The van der Waals surface area contributed by atoms with Crippen molar-refractivity contribution in [3.8, 4) is 5.75 Å². The predicted molar refractivity (Wildman–Crippen MR) is 189 cm³/mol. The van der Waals surface area contributed by atoms with E-state index >= 15 is 0 Å². The molecule has 4 N–H and O–H groups in total. The zero-order valence-electron chi connectivity index (χ0n) is 27.7.